The predicted octanol–water partition coefficient (Wildman–Crippen LogP) is 2.69. The maximum absolute atomic E-state index is 4.60. The second-order valence-corrected chi connectivity index (χ2v) is 6.01. The maximum Gasteiger partial charge on any atom is 0.128 e. The number of nitrogens with zero attached hydrogens (tertiary/aromatic N) is 2. The van der Waals surface area contributed by atoms with Crippen LogP contribution < -0.4 is 10.2 Å². The molecule has 1 fully saturated rings. The SMILES string of the molecule is CCNC(C)c1ccc(N(C)C2CCSC2)nc1. The van der Waals surface area contributed by atoms with Gasteiger partial charge in [0.2, 0.25) is 0 Å². The smallest absolute Gasteiger partial charge is 0.128 e. The lowest BCUT2D eigenvalue weighted by Crippen LogP contribution is -2.32. The van der Waals surface area contributed by atoms with Crippen molar-refractivity contribution in [2.24, 2.45) is 0 Å². The molecule has 0 bridgehead atoms. The first kappa shape index (κ1) is 13.7. The zero-order chi connectivity index (χ0) is 13.0. The Morgan fingerprint density at radius 2 is 2.39 bits per heavy atom. The number of aromatic nitrogens is 1. The van der Waals surface area contributed by atoms with Gasteiger partial charge in [-0.3, -0.25) is 0 Å². The fourth-order valence-corrected chi connectivity index (χ4v) is 3.57. The van der Waals surface area contributed by atoms with E-state index in [1.165, 1.54) is 23.5 Å². The first-order valence-electron chi connectivity index (χ1n) is 6.72. The van der Waals surface area contributed by atoms with Crippen molar-refractivity contribution in [3.8, 4) is 0 Å². The maximum atomic E-state index is 4.60. The summed E-state index contributed by atoms with van der Waals surface area (Å²) < 4.78 is 0. The lowest BCUT2D eigenvalue weighted by Gasteiger charge is -2.25. The van der Waals surface area contributed by atoms with Crippen LogP contribution in [0.15, 0.2) is 18.3 Å². The average molecular weight is 265 g/mol. The van der Waals surface area contributed by atoms with E-state index in [-0.39, 0.29) is 0 Å². The largest absolute Gasteiger partial charge is 0.356 e. The van der Waals surface area contributed by atoms with Gasteiger partial charge in [0.1, 0.15) is 5.82 Å². The molecular formula is C14H23N3S. The van der Waals surface area contributed by atoms with Gasteiger partial charge in [-0.25, -0.2) is 4.98 Å². The molecular weight excluding hydrogens is 242 g/mol. The molecule has 100 valence electrons. The molecule has 0 saturated carbocycles. The zero-order valence-corrected chi connectivity index (χ0v) is 12.3. The molecule has 0 aliphatic carbocycles. The Morgan fingerprint density at radius 3 is 2.94 bits per heavy atom. The number of rotatable bonds is 5. The van der Waals surface area contributed by atoms with Gasteiger partial charge in [-0.1, -0.05) is 13.0 Å². The van der Waals surface area contributed by atoms with Crippen molar-refractivity contribution >= 4 is 17.6 Å². The average Bonchev–Trinajstić information content (AvgIpc) is 2.92. The first-order chi connectivity index (χ1) is 8.72. The summed E-state index contributed by atoms with van der Waals surface area (Å²) in [5, 5.41) is 3.41. The van der Waals surface area contributed by atoms with Crippen molar-refractivity contribution in [2.75, 3.05) is 30.0 Å². The molecule has 18 heavy (non-hydrogen) atoms. The van der Waals surface area contributed by atoms with Crippen LogP contribution in [0.4, 0.5) is 5.82 Å². The lowest BCUT2D eigenvalue weighted by atomic mass is 10.1. The molecule has 1 aromatic heterocycles. The number of thioether (sulfide) groups is 1. The molecule has 0 aromatic carbocycles. The van der Waals surface area contributed by atoms with Gasteiger partial charge in [-0.05, 0) is 37.3 Å². The van der Waals surface area contributed by atoms with E-state index < -0.39 is 0 Å². The van der Waals surface area contributed by atoms with Crippen LogP contribution in [0.3, 0.4) is 0 Å². The normalized spacial score (nSPS) is 20.9. The molecule has 1 aliphatic heterocycles. The quantitative estimate of drug-likeness (QED) is 0.886. The third kappa shape index (κ3) is 3.18. The molecule has 1 N–H and O–H groups in total. The minimum Gasteiger partial charge on any atom is -0.356 e. The summed E-state index contributed by atoms with van der Waals surface area (Å²) in [6, 6.07) is 5.36. The van der Waals surface area contributed by atoms with E-state index in [0.717, 1.165) is 12.4 Å². The van der Waals surface area contributed by atoms with Gasteiger partial charge in [-0.2, -0.15) is 11.8 Å². The van der Waals surface area contributed by atoms with Crippen LogP contribution in [0.1, 0.15) is 31.9 Å². The Morgan fingerprint density at radius 1 is 1.56 bits per heavy atom. The van der Waals surface area contributed by atoms with Gasteiger partial charge in [0.05, 0.1) is 0 Å². The van der Waals surface area contributed by atoms with E-state index in [0.29, 0.717) is 12.1 Å². The number of hydrogen-bond acceptors (Lipinski definition) is 4. The van der Waals surface area contributed by atoms with Crippen molar-refractivity contribution in [2.45, 2.75) is 32.4 Å². The summed E-state index contributed by atoms with van der Waals surface area (Å²) in [6.07, 6.45) is 3.28. The topological polar surface area (TPSA) is 28.2 Å². The third-order valence-corrected chi connectivity index (χ3v) is 4.74. The van der Waals surface area contributed by atoms with E-state index in [9.17, 15) is 0 Å². The minimum atomic E-state index is 0.379. The van der Waals surface area contributed by atoms with E-state index >= 15 is 0 Å². The van der Waals surface area contributed by atoms with Crippen LogP contribution in [0.2, 0.25) is 0 Å². The fraction of sp³-hybridized carbons (Fsp3) is 0.643. The number of pyridine rings is 1. The van der Waals surface area contributed by atoms with Crippen LogP contribution in [-0.4, -0.2) is 36.1 Å². The van der Waals surface area contributed by atoms with Crippen molar-refractivity contribution < 1.29 is 0 Å². The van der Waals surface area contributed by atoms with Gasteiger partial charge in [-0.15, -0.1) is 0 Å². The summed E-state index contributed by atoms with van der Waals surface area (Å²) >= 11 is 2.04. The van der Waals surface area contributed by atoms with Crippen LogP contribution in [0.25, 0.3) is 0 Å². The van der Waals surface area contributed by atoms with Gasteiger partial charge in [0.15, 0.2) is 0 Å². The number of nitrogens with one attached hydrogen (secondary N) is 1. The molecule has 0 spiro atoms. The molecule has 2 atom stereocenters. The number of hydrogen-bond donors (Lipinski definition) is 1. The lowest BCUT2D eigenvalue weighted by molar-refractivity contribution is 0.595. The highest BCUT2D eigenvalue weighted by Gasteiger charge is 2.21. The molecule has 1 saturated heterocycles. The highest BCUT2D eigenvalue weighted by molar-refractivity contribution is 7.99. The van der Waals surface area contributed by atoms with Crippen molar-refractivity contribution in [3.05, 3.63) is 23.9 Å². The Bertz CT molecular complexity index is 360. The summed E-state index contributed by atoms with van der Waals surface area (Å²) in [5.41, 5.74) is 1.26. The van der Waals surface area contributed by atoms with Crippen molar-refractivity contribution in [1.82, 2.24) is 10.3 Å². The summed E-state index contributed by atoms with van der Waals surface area (Å²) in [6.45, 7) is 5.30. The van der Waals surface area contributed by atoms with Gasteiger partial charge in [0.25, 0.3) is 0 Å². The number of anilines is 1. The van der Waals surface area contributed by atoms with Crippen LogP contribution >= 0.6 is 11.8 Å². The summed E-state index contributed by atoms with van der Waals surface area (Å²) in [5.74, 6) is 3.60. The van der Waals surface area contributed by atoms with Gasteiger partial charge >= 0.3 is 0 Å². The second kappa shape index (κ2) is 6.43. The molecule has 2 heterocycles. The Balaban J connectivity index is 2.02. The summed E-state index contributed by atoms with van der Waals surface area (Å²) in [7, 11) is 2.16. The molecule has 0 amide bonds. The summed E-state index contributed by atoms with van der Waals surface area (Å²) in [4.78, 5) is 6.92. The minimum absolute atomic E-state index is 0.379. The standard InChI is InChI=1S/C14H23N3S/c1-4-15-11(2)12-5-6-14(16-9-12)17(3)13-7-8-18-10-13/h5-6,9,11,13,15H,4,7-8,10H2,1-3H3. The van der Waals surface area contributed by atoms with Gasteiger partial charge in [0, 0.05) is 31.1 Å². The van der Waals surface area contributed by atoms with E-state index in [1.54, 1.807) is 0 Å². The molecule has 2 unspecified atom stereocenters. The third-order valence-electron chi connectivity index (χ3n) is 3.60. The van der Waals surface area contributed by atoms with Crippen molar-refractivity contribution in [1.29, 1.82) is 0 Å². The molecule has 1 aliphatic rings. The van der Waals surface area contributed by atoms with E-state index in [4.69, 9.17) is 0 Å². The van der Waals surface area contributed by atoms with Crippen molar-refractivity contribution in [3.63, 3.8) is 0 Å². The first-order valence-corrected chi connectivity index (χ1v) is 7.87. The zero-order valence-electron chi connectivity index (χ0n) is 11.5. The second-order valence-electron chi connectivity index (χ2n) is 4.86. The highest BCUT2D eigenvalue weighted by atomic mass is 32.2. The van der Waals surface area contributed by atoms with E-state index in [1.807, 2.05) is 18.0 Å². The Kier molecular flexibility index (Phi) is 4.89. The highest BCUT2D eigenvalue weighted by Crippen LogP contribution is 2.25. The van der Waals surface area contributed by atoms with Crippen LogP contribution in [0, 0.1) is 0 Å². The van der Waals surface area contributed by atoms with E-state index in [2.05, 4.69) is 48.2 Å². The molecule has 4 heteroatoms. The van der Waals surface area contributed by atoms with Crippen LogP contribution in [0.5, 0.6) is 0 Å². The molecule has 1 aromatic rings. The Labute approximate surface area is 114 Å². The molecule has 2 rings (SSSR count). The van der Waals surface area contributed by atoms with Gasteiger partial charge < -0.3 is 10.2 Å². The monoisotopic (exact) mass is 265 g/mol. The van der Waals surface area contributed by atoms with Crippen LogP contribution in [-0.2, 0) is 0 Å². The predicted molar refractivity (Wildman–Crippen MR) is 80.5 cm³/mol. The fourth-order valence-electron chi connectivity index (χ4n) is 2.30. The molecule has 3 nitrogen and oxygen atoms in total. The molecule has 0 radical (unpaired) electrons. The Hall–Kier alpha value is -0.740.